The van der Waals surface area contributed by atoms with Crippen molar-refractivity contribution in [3.8, 4) is 0 Å². The lowest BCUT2D eigenvalue weighted by Gasteiger charge is -2.18. The van der Waals surface area contributed by atoms with E-state index in [4.69, 9.17) is 23.7 Å². The van der Waals surface area contributed by atoms with Crippen molar-refractivity contribution in [2.45, 2.75) is 38.5 Å². The lowest BCUT2D eigenvalue weighted by atomic mass is 10.2. The van der Waals surface area contributed by atoms with Crippen LogP contribution in [0.3, 0.4) is 0 Å². The Balaban J connectivity index is 3.18. The highest BCUT2D eigenvalue weighted by Gasteiger charge is 2.12. The first-order valence-electron chi connectivity index (χ1n) is 8.71. The highest BCUT2D eigenvalue weighted by molar-refractivity contribution is 7.80. The summed E-state index contributed by atoms with van der Waals surface area (Å²) in [6.45, 7) is 12.5. The van der Waals surface area contributed by atoms with Gasteiger partial charge in [-0.15, -0.1) is 0 Å². The van der Waals surface area contributed by atoms with Crippen LogP contribution in [0.4, 0.5) is 0 Å². The van der Waals surface area contributed by atoms with Crippen LogP contribution in [-0.4, -0.2) is 82.8 Å². The molecule has 0 aromatic rings. The standard InChI is InChI=1S/C17H35NO6S/c1-15(25)13-23-12-11-22-10-9-21-8-7-20-6-5-18-16(19)14-24-17(2,3)4/h15,25H,5-14H2,1-4H3,(H,18,19). The molecule has 1 amide bonds. The maximum atomic E-state index is 11.5. The largest absolute Gasteiger partial charge is 0.378 e. The van der Waals surface area contributed by atoms with Gasteiger partial charge in [-0.25, -0.2) is 0 Å². The minimum absolute atomic E-state index is 0.0608. The average Bonchev–Trinajstić information content (AvgIpc) is 2.52. The Kier molecular flexibility index (Phi) is 15.6. The van der Waals surface area contributed by atoms with Gasteiger partial charge in [0.25, 0.3) is 0 Å². The van der Waals surface area contributed by atoms with Crippen LogP contribution >= 0.6 is 12.6 Å². The van der Waals surface area contributed by atoms with Crippen LogP contribution in [-0.2, 0) is 28.5 Å². The molecule has 1 unspecified atom stereocenters. The molecule has 0 radical (unpaired) electrons. The molecule has 0 saturated heterocycles. The Hall–Kier alpha value is -0.380. The number of nitrogens with one attached hydrogen (secondary N) is 1. The molecule has 0 bridgehead atoms. The second-order valence-corrected chi connectivity index (χ2v) is 7.39. The molecule has 0 spiro atoms. The summed E-state index contributed by atoms with van der Waals surface area (Å²) in [7, 11) is 0. The third kappa shape index (κ3) is 21.6. The van der Waals surface area contributed by atoms with Crippen LogP contribution in [0.15, 0.2) is 0 Å². The molecule has 0 aliphatic carbocycles. The second kappa shape index (κ2) is 15.8. The monoisotopic (exact) mass is 381 g/mol. The smallest absolute Gasteiger partial charge is 0.246 e. The molecule has 0 aromatic carbocycles. The van der Waals surface area contributed by atoms with E-state index < -0.39 is 0 Å². The normalized spacial score (nSPS) is 13.0. The number of hydrogen-bond donors (Lipinski definition) is 2. The first kappa shape index (κ1) is 24.6. The van der Waals surface area contributed by atoms with Gasteiger partial charge >= 0.3 is 0 Å². The molecule has 0 rings (SSSR count). The van der Waals surface area contributed by atoms with E-state index in [9.17, 15) is 4.79 Å². The van der Waals surface area contributed by atoms with Gasteiger partial charge < -0.3 is 29.0 Å². The Morgan fingerprint density at radius 1 is 0.920 bits per heavy atom. The highest BCUT2D eigenvalue weighted by Crippen LogP contribution is 2.05. The van der Waals surface area contributed by atoms with Crippen molar-refractivity contribution in [2.24, 2.45) is 0 Å². The quantitative estimate of drug-likeness (QED) is 0.310. The van der Waals surface area contributed by atoms with Crippen molar-refractivity contribution in [1.82, 2.24) is 5.32 Å². The van der Waals surface area contributed by atoms with Gasteiger partial charge in [0, 0.05) is 11.8 Å². The van der Waals surface area contributed by atoms with E-state index in [1.54, 1.807) is 0 Å². The maximum absolute atomic E-state index is 11.5. The first-order chi connectivity index (χ1) is 11.8. The highest BCUT2D eigenvalue weighted by atomic mass is 32.1. The third-order valence-corrected chi connectivity index (χ3v) is 2.83. The van der Waals surface area contributed by atoms with E-state index >= 15 is 0 Å². The van der Waals surface area contributed by atoms with Crippen LogP contribution in [0, 0.1) is 0 Å². The Bertz CT molecular complexity index is 323. The second-order valence-electron chi connectivity index (χ2n) is 6.51. The summed E-state index contributed by atoms with van der Waals surface area (Å²) in [5.41, 5.74) is -0.313. The molecule has 7 nitrogen and oxygen atoms in total. The van der Waals surface area contributed by atoms with Crippen LogP contribution < -0.4 is 5.32 Å². The predicted octanol–water partition coefficient (Wildman–Crippen LogP) is 1.30. The number of thiol groups is 1. The molecule has 1 atom stereocenters. The Labute approximate surface area is 157 Å². The number of amides is 1. The third-order valence-electron chi connectivity index (χ3n) is 2.68. The molecule has 0 aliphatic rings. The van der Waals surface area contributed by atoms with Gasteiger partial charge in [-0.2, -0.15) is 12.6 Å². The van der Waals surface area contributed by atoms with E-state index in [0.29, 0.717) is 59.4 Å². The summed E-state index contributed by atoms with van der Waals surface area (Å²) in [5.74, 6) is -0.139. The van der Waals surface area contributed by atoms with Gasteiger partial charge in [-0.1, -0.05) is 6.92 Å². The molecule has 0 heterocycles. The molecule has 1 N–H and O–H groups in total. The maximum Gasteiger partial charge on any atom is 0.246 e. The average molecular weight is 382 g/mol. The van der Waals surface area contributed by atoms with Crippen LogP contribution in [0.5, 0.6) is 0 Å². The summed E-state index contributed by atoms with van der Waals surface area (Å²) in [5, 5.41) is 2.98. The molecule has 0 saturated carbocycles. The molecule has 25 heavy (non-hydrogen) atoms. The number of carbonyl (C=O) groups excluding carboxylic acids is 1. The zero-order chi connectivity index (χ0) is 19.0. The van der Waals surface area contributed by atoms with Crippen LogP contribution in [0.2, 0.25) is 0 Å². The zero-order valence-corrected chi connectivity index (χ0v) is 16.9. The summed E-state index contributed by atoms with van der Waals surface area (Å²) < 4.78 is 26.8. The number of ether oxygens (including phenoxy) is 5. The zero-order valence-electron chi connectivity index (χ0n) is 16.0. The van der Waals surface area contributed by atoms with Crippen molar-refractivity contribution in [3.05, 3.63) is 0 Å². The minimum Gasteiger partial charge on any atom is -0.378 e. The molecule has 0 fully saturated rings. The van der Waals surface area contributed by atoms with Crippen molar-refractivity contribution in [2.75, 3.05) is 66.0 Å². The van der Waals surface area contributed by atoms with E-state index in [-0.39, 0.29) is 23.4 Å². The number of hydrogen-bond acceptors (Lipinski definition) is 7. The topological polar surface area (TPSA) is 75.3 Å². The molecule has 8 heteroatoms. The molecule has 0 aromatic heterocycles. The van der Waals surface area contributed by atoms with Crippen molar-refractivity contribution < 1.29 is 28.5 Å². The summed E-state index contributed by atoms with van der Waals surface area (Å²) in [4.78, 5) is 11.5. The minimum atomic E-state index is -0.313. The fourth-order valence-corrected chi connectivity index (χ4v) is 1.61. The number of carbonyl (C=O) groups is 1. The Morgan fingerprint density at radius 3 is 1.88 bits per heavy atom. The van der Waals surface area contributed by atoms with Gasteiger partial charge in [-0.3, -0.25) is 4.79 Å². The van der Waals surface area contributed by atoms with Gasteiger partial charge in [0.1, 0.15) is 6.61 Å². The van der Waals surface area contributed by atoms with Crippen molar-refractivity contribution in [1.29, 1.82) is 0 Å². The van der Waals surface area contributed by atoms with Crippen molar-refractivity contribution in [3.63, 3.8) is 0 Å². The lowest BCUT2D eigenvalue weighted by molar-refractivity contribution is -0.130. The van der Waals surface area contributed by atoms with E-state index in [1.165, 1.54) is 0 Å². The molecule has 0 aliphatic heterocycles. The summed E-state index contributed by atoms with van der Waals surface area (Å²) >= 11 is 4.22. The SMILES string of the molecule is CC(S)COCCOCCOCCOCCNC(=O)COC(C)(C)C. The fraction of sp³-hybridized carbons (Fsp3) is 0.941. The predicted molar refractivity (Wildman–Crippen MR) is 100 cm³/mol. The molecule has 150 valence electrons. The van der Waals surface area contributed by atoms with Gasteiger partial charge in [0.2, 0.25) is 5.91 Å². The summed E-state index contributed by atoms with van der Waals surface area (Å²) in [6, 6.07) is 0. The summed E-state index contributed by atoms with van der Waals surface area (Å²) in [6.07, 6.45) is 0. The van der Waals surface area contributed by atoms with E-state index in [1.807, 2.05) is 27.7 Å². The van der Waals surface area contributed by atoms with E-state index in [2.05, 4.69) is 17.9 Å². The number of rotatable bonds is 16. The first-order valence-corrected chi connectivity index (χ1v) is 9.22. The van der Waals surface area contributed by atoms with Gasteiger partial charge in [-0.05, 0) is 20.8 Å². The van der Waals surface area contributed by atoms with Gasteiger partial charge in [0.15, 0.2) is 0 Å². The van der Waals surface area contributed by atoms with E-state index in [0.717, 1.165) is 0 Å². The molecular weight excluding hydrogens is 346 g/mol. The van der Waals surface area contributed by atoms with Crippen molar-refractivity contribution >= 4 is 18.5 Å². The molecular formula is C17H35NO6S. The fourth-order valence-electron chi connectivity index (χ4n) is 1.51. The van der Waals surface area contributed by atoms with Gasteiger partial charge in [0.05, 0.1) is 58.5 Å². The Morgan fingerprint density at radius 2 is 1.40 bits per heavy atom. The van der Waals surface area contributed by atoms with Crippen LogP contribution in [0.1, 0.15) is 27.7 Å². The lowest BCUT2D eigenvalue weighted by Crippen LogP contribution is -2.34. The van der Waals surface area contributed by atoms with Crippen LogP contribution in [0.25, 0.3) is 0 Å².